The molecule has 1 spiro atoms. The lowest BCUT2D eigenvalue weighted by molar-refractivity contribution is -0.152. The Labute approximate surface area is 135 Å². The average Bonchev–Trinajstić information content (AvgIpc) is 3.26. The lowest BCUT2D eigenvalue weighted by Gasteiger charge is -2.35. The predicted octanol–water partition coefficient (Wildman–Crippen LogP) is 1.84. The molecule has 1 aliphatic carbocycles. The first-order chi connectivity index (χ1) is 11.1. The number of fused-ring (bicyclic) bond motifs is 1. The Kier molecular flexibility index (Phi) is 3.41. The number of carboxylic acid groups (broad SMARTS) is 1. The smallest absolute Gasteiger partial charge is 0.326 e. The molecular weight excluding hydrogens is 294 g/mol. The topological polar surface area (TPSA) is 66.8 Å². The molecule has 1 unspecified atom stereocenters. The number of hydrogen-bond donors (Lipinski definition) is 1. The minimum Gasteiger partial charge on any atom is -0.480 e. The fraction of sp³-hybridized carbons (Fsp3) is 0.556. The molecule has 122 valence electrons. The van der Waals surface area contributed by atoms with Gasteiger partial charge < -0.3 is 14.7 Å². The summed E-state index contributed by atoms with van der Waals surface area (Å²) in [5.74, 6) is -0.901. The lowest BCUT2D eigenvalue weighted by atomic mass is 9.91. The van der Waals surface area contributed by atoms with Gasteiger partial charge in [0, 0.05) is 32.1 Å². The zero-order chi connectivity index (χ0) is 16.0. The molecule has 4 rings (SSSR count). The molecule has 2 heterocycles. The van der Waals surface area contributed by atoms with Crippen LogP contribution in [0.2, 0.25) is 0 Å². The van der Waals surface area contributed by atoms with Gasteiger partial charge in [-0.05, 0) is 35.8 Å². The van der Waals surface area contributed by atoms with Crippen LogP contribution in [0.1, 0.15) is 30.4 Å². The monoisotopic (exact) mass is 315 g/mol. The second-order valence-corrected chi connectivity index (χ2v) is 7.02. The summed E-state index contributed by atoms with van der Waals surface area (Å²) in [6.45, 7) is 1.85. The molecule has 1 aromatic rings. The predicted molar refractivity (Wildman–Crippen MR) is 82.7 cm³/mol. The number of benzene rings is 1. The van der Waals surface area contributed by atoms with E-state index in [0.717, 1.165) is 43.6 Å². The van der Waals surface area contributed by atoms with E-state index in [0.29, 0.717) is 13.0 Å². The third kappa shape index (κ3) is 2.43. The number of carbonyl (C=O) groups excluding carboxylic acids is 1. The largest absolute Gasteiger partial charge is 0.480 e. The molecule has 2 fully saturated rings. The Hall–Kier alpha value is -1.88. The molecule has 5 nitrogen and oxygen atoms in total. The van der Waals surface area contributed by atoms with Crippen LogP contribution >= 0.6 is 0 Å². The van der Waals surface area contributed by atoms with Crippen molar-refractivity contribution in [2.45, 2.75) is 38.3 Å². The molecule has 2 atom stereocenters. The number of hydrogen-bond acceptors (Lipinski definition) is 3. The first-order valence-corrected chi connectivity index (χ1v) is 8.28. The summed E-state index contributed by atoms with van der Waals surface area (Å²) in [5, 5.41) is 9.57. The van der Waals surface area contributed by atoms with Crippen molar-refractivity contribution >= 4 is 11.9 Å². The number of carbonyl (C=O) groups is 2. The van der Waals surface area contributed by atoms with Crippen LogP contribution in [0.5, 0.6) is 0 Å². The third-order valence-electron chi connectivity index (χ3n) is 5.79. The highest BCUT2D eigenvalue weighted by atomic mass is 16.5. The van der Waals surface area contributed by atoms with Crippen LogP contribution in [0.25, 0.3) is 0 Å². The van der Waals surface area contributed by atoms with E-state index in [1.54, 1.807) is 4.90 Å². The third-order valence-corrected chi connectivity index (χ3v) is 5.79. The van der Waals surface area contributed by atoms with Gasteiger partial charge in [0.1, 0.15) is 6.04 Å². The summed E-state index contributed by atoms with van der Waals surface area (Å²) in [6.07, 6.45) is 3.14. The number of ether oxygens (including phenoxy) is 1. The second kappa shape index (κ2) is 5.34. The number of rotatable bonds is 2. The van der Waals surface area contributed by atoms with E-state index < -0.39 is 12.0 Å². The van der Waals surface area contributed by atoms with Gasteiger partial charge in [-0.15, -0.1) is 0 Å². The number of amides is 1. The molecule has 1 N–H and O–H groups in total. The molecule has 0 bridgehead atoms. The van der Waals surface area contributed by atoms with Crippen molar-refractivity contribution in [3.05, 3.63) is 35.4 Å². The minimum absolute atomic E-state index is 0.0153. The van der Waals surface area contributed by atoms with Crippen molar-refractivity contribution in [2.75, 3.05) is 13.2 Å². The van der Waals surface area contributed by atoms with Crippen LogP contribution in [0.3, 0.4) is 0 Å². The van der Waals surface area contributed by atoms with Gasteiger partial charge in [-0.3, -0.25) is 4.79 Å². The Balaban J connectivity index is 1.57. The zero-order valence-corrected chi connectivity index (χ0v) is 13.0. The number of nitrogens with zero attached hydrogens (tertiary/aromatic N) is 1. The van der Waals surface area contributed by atoms with Crippen LogP contribution in [-0.2, 0) is 27.3 Å². The first-order valence-electron chi connectivity index (χ1n) is 8.28. The van der Waals surface area contributed by atoms with Gasteiger partial charge in [0.2, 0.25) is 5.91 Å². The first kappa shape index (κ1) is 14.7. The van der Waals surface area contributed by atoms with E-state index in [1.807, 2.05) is 24.3 Å². The molecule has 2 aliphatic heterocycles. The van der Waals surface area contributed by atoms with Crippen LogP contribution in [0.15, 0.2) is 24.3 Å². The van der Waals surface area contributed by atoms with Crippen molar-refractivity contribution in [3.63, 3.8) is 0 Å². The highest BCUT2D eigenvalue weighted by molar-refractivity contribution is 5.88. The average molecular weight is 315 g/mol. The van der Waals surface area contributed by atoms with E-state index in [1.165, 1.54) is 0 Å². The van der Waals surface area contributed by atoms with E-state index in [2.05, 4.69) is 0 Å². The Morgan fingerprint density at radius 3 is 2.57 bits per heavy atom. The maximum absolute atomic E-state index is 13.0. The van der Waals surface area contributed by atoms with Crippen molar-refractivity contribution in [3.8, 4) is 0 Å². The highest BCUT2D eigenvalue weighted by Gasteiger charge is 2.59. The van der Waals surface area contributed by atoms with Crippen molar-refractivity contribution < 1.29 is 19.4 Å². The van der Waals surface area contributed by atoms with Gasteiger partial charge in [-0.1, -0.05) is 24.3 Å². The molecule has 1 saturated carbocycles. The van der Waals surface area contributed by atoms with E-state index in [9.17, 15) is 14.7 Å². The van der Waals surface area contributed by atoms with Crippen LogP contribution in [0.4, 0.5) is 0 Å². The standard InChI is InChI=1S/C18H21NO4/c20-16(14-10-18(14)5-7-23-8-6-18)19-11-13-4-2-1-3-12(13)9-15(19)17(21)22/h1-4,14-15H,5-11H2,(H,21,22)/t14?,15-/m1/s1. The minimum atomic E-state index is -0.908. The summed E-state index contributed by atoms with van der Waals surface area (Å²) < 4.78 is 5.41. The highest BCUT2D eigenvalue weighted by Crippen LogP contribution is 2.60. The Morgan fingerprint density at radius 1 is 1.17 bits per heavy atom. The van der Waals surface area contributed by atoms with Crippen molar-refractivity contribution in [1.82, 2.24) is 4.90 Å². The summed E-state index contributed by atoms with van der Waals surface area (Å²) in [4.78, 5) is 26.3. The van der Waals surface area contributed by atoms with E-state index in [4.69, 9.17) is 4.74 Å². The summed E-state index contributed by atoms with van der Waals surface area (Å²) in [7, 11) is 0. The maximum Gasteiger partial charge on any atom is 0.326 e. The Morgan fingerprint density at radius 2 is 1.87 bits per heavy atom. The van der Waals surface area contributed by atoms with Gasteiger partial charge in [0.25, 0.3) is 0 Å². The molecule has 1 amide bonds. The van der Waals surface area contributed by atoms with Gasteiger partial charge in [-0.25, -0.2) is 4.79 Å². The van der Waals surface area contributed by atoms with Gasteiger partial charge in [-0.2, -0.15) is 0 Å². The fourth-order valence-electron chi connectivity index (χ4n) is 4.20. The molecule has 5 heteroatoms. The molecule has 0 radical (unpaired) electrons. The second-order valence-electron chi connectivity index (χ2n) is 7.02. The normalized spacial score (nSPS) is 28.3. The summed E-state index contributed by atoms with van der Waals surface area (Å²) in [5.41, 5.74) is 2.19. The molecule has 23 heavy (non-hydrogen) atoms. The molecule has 3 aliphatic rings. The zero-order valence-electron chi connectivity index (χ0n) is 13.0. The quantitative estimate of drug-likeness (QED) is 0.904. The van der Waals surface area contributed by atoms with E-state index >= 15 is 0 Å². The number of carboxylic acids is 1. The van der Waals surface area contributed by atoms with Crippen LogP contribution in [0, 0.1) is 11.3 Å². The maximum atomic E-state index is 13.0. The number of aliphatic carboxylic acids is 1. The molecule has 0 aromatic heterocycles. The molecular formula is C18H21NO4. The van der Waals surface area contributed by atoms with E-state index in [-0.39, 0.29) is 17.2 Å². The summed E-state index contributed by atoms with van der Waals surface area (Å²) >= 11 is 0. The van der Waals surface area contributed by atoms with Gasteiger partial charge in [0.15, 0.2) is 0 Å². The van der Waals surface area contributed by atoms with Gasteiger partial charge >= 0.3 is 5.97 Å². The van der Waals surface area contributed by atoms with Crippen molar-refractivity contribution in [2.24, 2.45) is 11.3 Å². The van der Waals surface area contributed by atoms with Crippen LogP contribution < -0.4 is 0 Å². The van der Waals surface area contributed by atoms with Gasteiger partial charge in [0.05, 0.1) is 0 Å². The fourth-order valence-corrected chi connectivity index (χ4v) is 4.20. The van der Waals surface area contributed by atoms with Crippen molar-refractivity contribution in [1.29, 1.82) is 0 Å². The molecule has 1 saturated heterocycles. The lowest BCUT2D eigenvalue weighted by Crippen LogP contribution is -2.49. The summed E-state index contributed by atoms with van der Waals surface area (Å²) in [6, 6.07) is 7.08. The Bertz CT molecular complexity index is 650. The van der Waals surface area contributed by atoms with Crippen LogP contribution in [-0.4, -0.2) is 41.1 Å². The molecule has 1 aromatic carbocycles. The SMILES string of the molecule is O=C(O)[C@H]1Cc2ccccc2CN1C(=O)C1CC12CCOCC2.